The zero-order chi connectivity index (χ0) is 19.0. The zero-order valence-electron chi connectivity index (χ0n) is 15.0. The molecule has 0 saturated carbocycles. The van der Waals surface area contributed by atoms with E-state index in [1.807, 2.05) is 10.8 Å². The number of fused-ring (bicyclic) bond motifs is 1. The summed E-state index contributed by atoms with van der Waals surface area (Å²) in [5.41, 5.74) is 2.08. The van der Waals surface area contributed by atoms with Crippen LogP contribution in [0, 0.1) is 5.82 Å². The lowest BCUT2D eigenvalue weighted by atomic mass is 10.1. The van der Waals surface area contributed by atoms with Gasteiger partial charge in [-0.25, -0.2) is 8.96 Å². The molecule has 4 rings (SSSR count). The Bertz CT molecular complexity index is 974. The summed E-state index contributed by atoms with van der Waals surface area (Å²) in [5.74, 6) is 1.26. The van der Waals surface area contributed by atoms with Crippen LogP contribution in [0.2, 0.25) is 0 Å². The van der Waals surface area contributed by atoms with Gasteiger partial charge in [-0.3, -0.25) is 0 Å². The van der Waals surface area contributed by atoms with Crippen molar-refractivity contribution in [3.05, 3.63) is 60.3 Å². The molecular formula is C20H18BrF3N2O2. The molecule has 0 atom stereocenters. The van der Waals surface area contributed by atoms with E-state index in [-0.39, 0.29) is 28.5 Å². The van der Waals surface area contributed by atoms with E-state index in [0.717, 1.165) is 36.6 Å². The second-order valence-electron chi connectivity index (χ2n) is 6.27. The van der Waals surface area contributed by atoms with Crippen LogP contribution >= 0.6 is 0 Å². The molecule has 1 aromatic heterocycles. The first-order valence-electron chi connectivity index (χ1n) is 8.60. The topological polar surface area (TPSA) is 27.3 Å². The zero-order valence-corrected chi connectivity index (χ0v) is 16.6. The third kappa shape index (κ3) is 3.73. The van der Waals surface area contributed by atoms with Gasteiger partial charge in [0.25, 0.3) is 5.82 Å². The summed E-state index contributed by atoms with van der Waals surface area (Å²) in [7, 11) is 1.50. The highest BCUT2D eigenvalue weighted by Crippen LogP contribution is 2.28. The van der Waals surface area contributed by atoms with Gasteiger partial charge in [0.1, 0.15) is 29.2 Å². The van der Waals surface area contributed by atoms with Crippen molar-refractivity contribution < 1.29 is 44.2 Å². The first kappa shape index (κ1) is 20.3. The van der Waals surface area contributed by atoms with Gasteiger partial charge in [-0.2, -0.15) is 13.3 Å². The molecule has 0 saturated heterocycles. The Kier molecular flexibility index (Phi) is 5.98. The van der Waals surface area contributed by atoms with E-state index in [1.165, 1.54) is 25.3 Å². The maximum absolute atomic E-state index is 14.6. The van der Waals surface area contributed by atoms with E-state index in [0.29, 0.717) is 11.3 Å². The van der Waals surface area contributed by atoms with Gasteiger partial charge in [-0.15, -0.1) is 0 Å². The smallest absolute Gasteiger partial charge is 0.387 e. The molecule has 148 valence electrons. The molecule has 2 heterocycles. The Balaban J connectivity index is 0.00000225. The predicted octanol–water partition coefficient (Wildman–Crippen LogP) is 1.13. The van der Waals surface area contributed by atoms with Crippen LogP contribution in [-0.4, -0.2) is 18.3 Å². The van der Waals surface area contributed by atoms with E-state index in [9.17, 15) is 13.2 Å². The minimum absolute atomic E-state index is 0. The van der Waals surface area contributed by atoms with Crippen LogP contribution in [0.15, 0.2) is 48.7 Å². The normalized spacial score (nSPS) is 12.6. The van der Waals surface area contributed by atoms with Gasteiger partial charge in [0.15, 0.2) is 5.69 Å². The molecule has 1 aliphatic heterocycles. The van der Waals surface area contributed by atoms with E-state index in [1.54, 1.807) is 24.3 Å². The summed E-state index contributed by atoms with van der Waals surface area (Å²) in [4.78, 5) is 0. The third-order valence-corrected chi connectivity index (χ3v) is 4.71. The second kappa shape index (κ2) is 8.26. The minimum Gasteiger partial charge on any atom is -1.00 e. The molecule has 0 unspecified atom stereocenters. The van der Waals surface area contributed by atoms with Crippen LogP contribution < -0.4 is 31.0 Å². The van der Waals surface area contributed by atoms with Crippen LogP contribution in [-0.2, 0) is 13.0 Å². The number of nitrogens with zero attached hydrogens (tertiary/aromatic N) is 2. The first-order valence-corrected chi connectivity index (χ1v) is 8.60. The number of methoxy groups -OCH3 is 1. The molecule has 8 heteroatoms. The van der Waals surface area contributed by atoms with Crippen LogP contribution in [0.25, 0.3) is 16.9 Å². The summed E-state index contributed by atoms with van der Waals surface area (Å²) < 4.78 is 52.8. The molecular weight excluding hydrogens is 437 g/mol. The lowest BCUT2D eigenvalue weighted by molar-refractivity contribution is -0.679. The number of hydrogen-bond acceptors (Lipinski definition) is 2. The number of aromatic nitrogens is 2. The fraction of sp³-hybridized carbons (Fsp3) is 0.250. The van der Waals surface area contributed by atoms with Crippen LogP contribution in [0.3, 0.4) is 0 Å². The lowest BCUT2D eigenvalue weighted by Crippen LogP contribution is -3.00. The molecule has 1 aliphatic rings. The Hall–Kier alpha value is -2.48. The van der Waals surface area contributed by atoms with Crippen molar-refractivity contribution in [1.29, 1.82) is 0 Å². The maximum atomic E-state index is 14.6. The largest absolute Gasteiger partial charge is 1.00 e. The Labute approximate surface area is 170 Å². The first-order chi connectivity index (χ1) is 13.1. The minimum atomic E-state index is -2.85. The second-order valence-corrected chi connectivity index (χ2v) is 6.27. The van der Waals surface area contributed by atoms with Crippen molar-refractivity contribution in [2.45, 2.75) is 26.0 Å². The third-order valence-electron chi connectivity index (χ3n) is 4.71. The molecule has 3 aromatic rings. The summed E-state index contributed by atoms with van der Waals surface area (Å²) in [6.45, 7) is -2.05. The lowest BCUT2D eigenvalue weighted by Gasteiger charge is -2.04. The SMILES string of the molecule is COc1ccc(-c2cn(-c3ccc(OC(F)F)cc3)c3[n+]2CCC3)c(F)c1.[Br-]. The molecule has 0 fully saturated rings. The van der Waals surface area contributed by atoms with Crippen molar-refractivity contribution in [3.63, 3.8) is 0 Å². The summed E-state index contributed by atoms with van der Waals surface area (Å²) >= 11 is 0. The average Bonchev–Trinajstić information content (AvgIpc) is 3.25. The fourth-order valence-electron chi connectivity index (χ4n) is 3.49. The van der Waals surface area contributed by atoms with Crippen molar-refractivity contribution in [3.8, 4) is 28.4 Å². The maximum Gasteiger partial charge on any atom is 0.387 e. The quantitative estimate of drug-likeness (QED) is 0.540. The van der Waals surface area contributed by atoms with Crippen molar-refractivity contribution >= 4 is 0 Å². The number of rotatable bonds is 5. The highest BCUT2D eigenvalue weighted by molar-refractivity contribution is 5.59. The van der Waals surface area contributed by atoms with Gasteiger partial charge >= 0.3 is 6.61 Å². The van der Waals surface area contributed by atoms with Gasteiger partial charge in [0.2, 0.25) is 0 Å². The fourth-order valence-corrected chi connectivity index (χ4v) is 3.49. The number of ether oxygens (including phenoxy) is 2. The molecule has 0 amide bonds. The van der Waals surface area contributed by atoms with E-state index >= 15 is 0 Å². The van der Waals surface area contributed by atoms with Crippen molar-refractivity contribution in [1.82, 2.24) is 4.57 Å². The molecule has 2 aromatic carbocycles. The van der Waals surface area contributed by atoms with Gasteiger partial charge < -0.3 is 26.5 Å². The van der Waals surface area contributed by atoms with Gasteiger partial charge in [0.05, 0.1) is 25.6 Å². The Morgan fingerprint density at radius 2 is 1.79 bits per heavy atom. The molecule has 0 aliphatic carbocycles. The van der Waals surface area contributed by atoms with Crippen LogP contribution in [0.5, 0.6) is 11.5 Å². The predicted molar refractivity (Wildman–Crippen MR) is 92.9 cm³/mol. The molecule has 0 bridgehead atoms. The Morgan fingerprint density at radius 3 is 2.43 bits per heavy atom. The van der Waals surface area contributed by atoms with Gasteiger partial charge in [0, 0.05) is 6.07 Å². The molecule has 0 N–H and O–H groups in total. The highest BCUT2D eigenvalue weighted by Gasteiger charge is 2.30. The summed E-state index contributed by atoms with van der Waals surface area (Å²) in [5, 5.41) is 0. The number of imidazole rings is 1. The van der Waals surface area contributed by atoms with E-state index in [4.69, 9.17) is 4.74 Å². The van der Waals surface area contributed by atoms with Crippen molar-refractivity contribution in [2.24, 2.45) is 0 Å². The molecule has 4 nitrogen and oxygen atoms in total. The van der Waals surface area contributed by atoms with Crippen LogP contribution in [0.1, 0.15) is 12.2 Å². The summed E-state index contributed by atoms with van der Waals surface area (Å²) in [6.07, 6.45) is 3.70. The monoisotopic (exact) mass is 454 g/mol. The Morgan fingerprint density at radius 1 is 1.07 bits per heavy atom. The van der Waals surface area contributed by atoms with Gasteiger partial charge in [-0.1, -0.05) is 0 Å². The number of alkyl halides is 2. The average molecular weight is 455 g/mol. The van der Waals surface area contributed by atoms with E-state index < -0.39 is 6.61 Å². The number of hydrogen-bond donors (Lipinski definition) is 0. The molecule has 0 radical (unpaired) electrons. The highest BCUT2D eigenvalue weighted by atomic mass is 79.9. The number of benzene rings is 2. The summed E-state index contributed by atoms with van der Waals surface area (Å²) in [6, 6.07) is 11.2. The standard InChI is InChI=1S/C20H18F3N2O2.BrH/c1-26-15-8-9-16(17(21)11-15)18-12-25(19-3-2-10-24(18)19)13-4-6-14(7-5-13)27-20(22)23;/h4-9,11-12,20H,2-3,10H2,1H3;1H/q+1;/p-1. The van der Waals surface area contributed by atoms with Crippen LogP contribution in [0.4, 0.5) is 13.2 Å². The number of halogens is 4. The molecule has 28 heavy (non-hydrogen) atoms. The van der Waals surface area contributed by atoms with Crippen molar-refractivity contribution in [2.75, 3.05) is 7.11 Å². The van der Waals surface area contributed by atoms with E-state index in [2.05, 4.69) is 9.30 Å². The van der Waals surface area contributed by atoms with Gasteiger partial charge in [-0.05, 0) is 42.8 Å². The molecule has 0 spiro atoms.